The molecule has 72 valence electrons. The molecule has 4 N–H and O–H groups in total. The Morgan fingerprint density at radius 1 is 1.46 bits per heavy atom. The molecule has 13 heavy (non-hydrogen) atoms. The van der Waals surface area contributed by atoms with Crippen molar-refractivity contribution in [1.29, 1.82) is 0 Å². The summed E-state index contributed by atoms with van der Waals surface area (Å²) in [5.74, 6) is 4.15. The molecule has 0 amide bonds. The Kier molecular flexibility index (Phi) is 6.49. The van der Waals surface area contributed by atoms with Crippen molar-refractivity contribution in [2.45, 2.75) is 13.5 Å². The molecule has 0 unspecified atom stereocenters. The lowest BCUT2D eigenvalue weighted by molar-refractivity contribution is -0.683. The highest BCUT2D eigenvalue weighted by atomic mass is 16.4. The van der Waals surface area contributed by atoms with Crippen molar-refractivity contribution in [2.75, 3.05) is 0 Å². The number of hydrogen-bond donors (Lipinski definition) is 2. The van der Waals surface area contributed by atoms with Crippen LogP contribution in [-0.4, -0.2) is 5.97 Å². The van der Waals surface area contributed by atoms with Gasteiger partial charge in [0.1, 0.15) is 6.54 Å². The Balaban J connectivity index is 0.000000310. The Hall–Kier alpha value is -1.39. The lowest BCUT2D eigenvalue weighted by atomic mass is 10.2. The molecule has 0 fully saturated rings. The maximum Gasteiger partial charge on any atom is 0.118 e. The lowest BCUT2D eigenvalue weighted by Gasteiger charge is -1.92. The van der Waals surface area contributed by atoms with Gasteiger partial charge in [-0.3, -0.25) is 5.43 Å². The number of nitrogens with two attached hydrogens (primary N) is 2. The molecule has 0 aliphatic rings. The summed E-state index contributed by atoms with van der Waals surface area (Å²) < 4.78 is 0. The van der Waals surface area contributed by atoms with Crippen molar-refractivity contribution < 1.29 is 15.3 Å². The van der Waals surface area contributed by atoms with Crippen LogP contribution in [0.5, 0.6) is 0 Å². The molecule has 0 aliphatic heterocycles. The van der Waals surface area contributed by atoms with Gasteiger partial charge in [-0.1, -0.05) is 30.3 Å². The lowest BCUT2D eigenvalue weighted by Crippen LogP contribution is -2.89. The number of rotatable bonds is 2. The van der Waals surface area contributed by atoms with E-state index in [9.17, 15) is 0 Å². The molecule has 4 heteroatoms. The summed E-state index contributed by atoms with van der Waals surface area (Å²) >= 11 is 0. The van der Waals surface area contributed by atoms with Gasteiger partial charge in [-0.05, 0) is 6.92 Å². The molecule has 0 aromatic heterocycles. The second-order valence-electron chi connectivity index (χ2n) is 2.42. The summed E-state index contributed by atoms with van der Waals surface area (Å²) in [5.41, 5.74) is 2.93. The number of carbonyl (C=O) groups is 1. The van der Waals surface area contributed by atoms with E-state index >= 15 is 0 Å². The third-order valence-corrected chi connectivity index (χ3v) is 1.20. The highest BCUT2D eigenvalue weighted by Gasteiger charge is 1.87. The molecular formula is C9H14N2O2. The zero-order chi connectivity index (χ0) is 10.1. The predicted octanol–water partition coefficient (Wildman–Crippen LogP) is -1.62. The highest BCUT2D eigenvalue weighted by Crippen LogP contribution is 1.93. The summed E-state index contributed by atoms with van der Waals surface area (Å²) in [6.45, 7) is 1.83. The third kappa shape index (κ3) is 8.52. The second-order valence-corrected chi connectivity index (χ2v) is 2.42. The summed E-state index contributed by atoms with van der Waals surface area (Å²) in [5, 5.41) is 8.89. The van der Waals surface area contributed by atoms with Gasteiger partial charge in [-0.15, -0.1) is 0 Å². The van der Waals surface area contributed by atoms with Crippen LogP contribution in [0.1, 0.15) is 12.5 Å². The van der Waals surface area contributed by atoms with E-state index in [-0.39, 0.29) is 0 Å². The minimum Gasteiger partial charge on any atom is -0.550 e. The summed E-state index contributed by atoms with van der Waals surface area (Å²) in [7, 11) is 0. The normalized spacial score (nSPS) is 8.46. The monoisotopic (exact) mass is 182 g/mol. The third-order valence-electron chi connectivity index (χ3n) is 1.20. The topological polar surface area (TPSA) is 82.8 Å². The van der Waals surface area contributed by atoms with Crippen LogP contribution in [-0.2, 0) is 11.3 Å². The number of quaternary nitrogens is 1. The minimum atomic E-state index is -1.08. The van der Waals surface area contributed by atoms with Gasteiger partial charge in [0.05, 0.1) is 0 Å². The molecular weight excluding hydrogens is 168 g/mol. The van der Waals surface area contributed by atoms with Crippen LogP contribution in [0, 0.1) is 0 Å². The molecule has 0 saturated heterocycles. The molecule has 1 aromatic carbocycles. The number of carbonyl (C=O) groups excluding carboxylic acids is 1. The van der Waals surface area contributed by atoms with Gasteiger partial charge >= 0.3 is 0 Å². The first kappa shape index (κ1) is 11.6. The number of carboxylic acid groups (broad SMARTS) is 1. The van der Waals surface area contributed by atoms with Crippen LogP contribution >= 0.6 is 0 Å². The quantitative estimate of drug-likeness (QED) is 0.426. The number of carboxylic acids is 1. The SMILES string of the molecule is CC(=O)[O-].N[NH2+]Cc1ccccc1. The Morgan fingerprint density at radius 3 is 2.31 bits per heavy atom. The molecule has 0 atom stereocenters. The van der Waals surface area contributed by atoms with Crippen molar-refractivity contribution in [2.24, 2.45) is 5.84 Å². The average molecular weight is 182 g/mol. The van der Waals surface area contributed by atoms with E-state index in [1.165, 1.54) is 5.56 Å². The second kappa shape index (κ2) is 7.27. The van der Waals surface area contributed by atoms with E-state index in [0.717, 1.165) is 13.5 Å². The zero-order valence-corrected chi connectivity index (χ0v) is 7.57. The van der Waals surface area contributed by atoms with Crippen molar-refractivity contribution in [3.63, 3.8) is 0 Å². The highest BCUT2D eigenvalue weighted by molar-refractivity contribution is 5.60. The van der Waals surface area contributed by atoms with Gasteiger partial charge < -0.3 is 9.90 Å². The van der Waals surface area contributed by atoms with Crippen LogP contribution < -0.4 is 16.4 Å². The van der Waals surface area contributed by atoms with Crippen molar-refractivity contribution >= 4 is 5.97 Å². The van der Waals surface area contributed by atoms with E-state index in [2.05, 4.69) is 12.1 Å². The zero-order valence-electron chi connectivity index (χ0n) is 7.57. The number of aliphatic carboxylic acids is 1. The maximum absolute atomic E-state index is 8.89. The summed E-state index contributed by atoms with van der Waals surface area (Å²) in [6.07, 6.45) is 0. The predicted molar refractivity (Wildman–Crippen MR) is 46.9 cm³/mol. The first-order valence-electron chi connectivity index (χ1n) is 3.91. The molecule has 4 nitrogen and oxygen atoms in total. The fourth-order valence-corrected chi connectivity index (χ4v) is 0.750. The van der Waals surface area contributed by atoms with Gasteiger partial charge in [0.25, 0.3) is 0 Å². The molecule has 0 saturated carbocycles. The fraction of sp³-hybridized carbons (Fsp3) is 0.222. The summed E-state index contributed by atoms with van der Waals surface area (Å²) in [4.78, 5) is 8.89. The van der Waals surface area contributed by atoms with Crippen LogP contribution in [0.15, 0.2) is 30.3 Å². The van der Waals surface area contributed by atoms with Crippen molar-refractivity contribution in [3.8, 4) is 0 Å². The van der Waals surface area contributed by atoms with Crippen LogP contribution in [0.2, 0.25) is 0 Å². The van der Waals surface area contributed by atoms with Crippen LogP contribution in [0.4, 0.5) is 0 Å². The van der Waals surface area contributed by atoms with Gasteiger partial charge in [0, 0.05) is 11.5 Å². The molecule has 0 bridgehead atoms. The Morgan fingerprint density at radius 2 is 1.92 bits per heavy atom. The molecule has 0 radical (unpaired) electrons. The standard InChI is InChI=1S/C7H10N2.C2H4O2/c8-9-6-7-4-2-1-3-5-7;1-2(3)4/h1-5,9H,6,8H2;1H3,(H,3,4). The minimum absolute atomic E-state index is 0.862. The molecule has 0 heterocycles. The van der Waals surface area contributed by atoms with E-state index in [4.69, 9.17) is 15.7 Å². The van der Waals surface area contributed by atoms with E-state index < -0.39 is 5.97 Å². The maximum atomic E-state index is 8.89. The Bertz CT molecular complexity index is 233. The van der Waals surface area contributed by atoms with E-state index in [1.54, 1.807) is 5.43 Å². The average Bonchev–Trinajstić information content (AvgIpc) is 2.06. The molecule has 0 aliphatic carbocycles. The van der Waals surface area contributed by atoms with Gasteiger partial charge in [0.15, 0.2) is 0 Å². The first-order valence-corrected chi connectivity index (χ1v) is 3.91. The fourth-order valence-electron chi connectivity index (χ4n) is 0.750. The van der Waals surface area contributed by atoms with E-state index in [1.807, 2.05) is 18.2 Å². The smallest absolute Gasteiger partial charge is 0.118 e. The van der Waals surface area contributed by atoms with Crippen molar-refractivity contribution in [3.05, 3.63) is 35.9 Å². The largest absolute Gasteiger partial charge is 0.550 e. The van der Waals surface area contributed by atoms with Crippen LogP contribution in [0.3, 0.4) is 0 Å². The van der Waals surface area contributed by atoms with E-state index in [0.29, 0.717) is 0 Å². The Labute approximate surface area is 77.3 Å². The van der Waals surface area contributed by atoms with Gasteiger partial charge in [-0.2, -0.15) is 5.84 Å². The molecule has 1 aromatic rings. The number of benzene rings is 1. The summed E-state index contributed by atoms with van der Waals surface area (Å²) in [6, 6.07) is 10.1. The van der Waals surface area contributed by atoms with Crippen molar-refractivity contribution in [1.82, 2.24) is 0 Å². The van der Waals surface area contributed by atoms with Crippen LogP contribution in [0.25, 0.3) is 0 Å². The molecule has 0 spiro atoms. The first-order chi connectivity index (χ1) is 6.16. The molecule has 1 rings (SSSR count). The van der Waals surface area contributed by atoms with Gasteiger partial charge in [0.2, 0.25) is 0 Å². The number of hydrogen-bond acceptors (Lipinski definition) is 3. The van der Waals surface area contributed by atoms with Gasteiger partial charge in [-0.25, -0.2) is 0 Å².